The van der Waals surface area contributed by atoms with E-state index in [2.05, 4.69) is 155 Å². The maximum atomic E-state index is 2.58. The second kappa shape index (κ2) is 38.0. The number of rotatable bonds is 8. The Morgan fingerprint density at radius 2 is 0.689 bits per heavy atom. The van der Waals surface area contributed by atoms with Crippen molar-refractivity contribution in [1.29, 1.82) is 0 Å². The van der Waals surface area contributed by atoms with Crippen LogP contribution >= 0.6 is 0 Å². The van der Waals surface area contributed by atoms with Gasteiger partial charge in [-0.05, 0) is 170 Å². The van der Waals surface area contributed by atoms with Crippen molar-refractivity contribution in [2.75, 3.05) is 39.3 Å². The van der Waals surface area contributed by atoms with Crippen LogP contribution in [-0.4, -0.2) is 49.1 Å². The van der Waals surface area contributed by atoms with Gasteiger partial charge in [-0.15, -0.1) is 0 Å². The minimum absolute atomic E-state index is 0.613. The van der Waals surface area contributed by atoms with Crippen LogP contribution in [0.15, 0.2) is 48.5 Å². The Morgan fingerprint density at radius 1 is 0.392 bits per heavy atom. The van der Waals surface area contributed by atoms with Gasteiger partial charge >= 0.3 is 0 Å². The number of hydrogen-bond acceptors (Lipinski definition) is 2. The lowest BCUT2D eigenvalue weighted by Gasteiger charge is -2.40. The number of piperazine rings is 1. The SMILES string of the molecule is C1CCCCC1.CC1(C)CCCC(C)(C)C1.CC1CCCC(CC2CCCC(C)C2)C1.CC1CCCC(CC2CCCC(C)C2)C1.CCCN1CCN(CCC)CC1.Cc1ccc(C)cc1.Cc1cccc(C)c1. The molecule has 8 atom stereocenters. The fourth-order valence-electron chi connectivity index (χ4n) is 14.9. The van der Waals surface area contributed by atoms with E-state index in [9.17, 15) is 0 Å². The Bertz CT molecular complexity index is 1470. The van der Waals surface area contributed by atoms with E-state index in [-0.39, 0.29) is 0 Å². The molecule has 428 valence electrons. The van der Waals surface area contributed by atoms with Crippen LogP contribution in [0.4, 0.5) is 0 Å². The summed E-state index contributed by atoms with van der Waals surface area (Å²) in [6, 6.07) is 16.9. The number of benzene rings is 2. The molecular formula is C72H130N2. The Balaban J connectivity index is 0.000000232. The summed E-state index contributed by atoms with van der Waals surface area (Å²) >= 11 is 0. The molecule has 1 saturated heterocycles. The lowest BCUT2D eigenvalue weighted by Crippen LogP contribution is -2.46. The zero-order valence-corrected chi connectivity index (χ0v) is 52.6. The van der Waals surface area contributed by atoms with Gasteiger partial charge in [0, 0.05) is 26.2 Å². The summed E-state index contributed by atoms with van der Waals surface area (Å²) in [5.74, 6) is 8.42. The second-order valence-corrected chi connectivity index (χ2v) is 28.5. The van der Waals surface area contributed by atoms with Crippen LogP contribution in [0.2, 0.25) is 0 Å². The highest BCUT2D eigenvalue weighted by molar-refractivity contribution is 5.20. The molecule has 6 saturated carbocycles. The van der Waals surface area contributed by atoms with Crippen LogP contribution in [0.5, 0.6) is 0 Å². The molecule has 0 aromatic heterocycles. The predicted octanol–water partition coefficient (Wildman–Crippen LogP) is 22.0. The van der Waals surface area contributed by atoms with E-state index in [1.165, 1.54) is 241 Å². The number of hydrogen-bond donors (Lipinski definition) is 0. The Labute approximate surface area is 465 Å². The molecule has 0 amide bonds. The van der Waals surface area contributed by atoms with Crippen LogP contribution in [0.3, 0.4) is 0 Å². The third kappa shape index (κ3) is 32.3. The highest BCUT2D eigenvalue weighted by atomic mass is 15.3. The predicted molar refractivity (Wildman–Crippen MR) is 333 cm³/mol. The first-order chi connectivity index (χ1) is 35.3. The molecule has 2 heteroatoms. The summed E-state index contributed by atoms with van der Waals surface area (Å²) in [6.45, 7) is 40.1. The van der Waals surface area contributed by atoms with Crippen LogP contribution in [0.25, 0.3) is 0 Å². The molecule has 8 unspecified atom stereocenters. The standard InChI is InChI=1S/2C15H28.C10H22N2.C10H20.2C8H10.C6H12/c2*1-12-5-3-7-14(9-12)11-15-8-4-6-13(2)10-15;1-3-5-11-7-9-12(6-4-2)10-8-11;1-9(2)6-5-7-10(3,4)8-9;1-7-3-5-8(2)6-4-7;1-7-4-3-5-8(2)6-7;1-2-4-6-5-3-1/h2*12-15H,3-11H2,1-2H3;3-10H2,1-2H3;5-8H2,1-4H3;2*3-6H,1-2H3;1-6H2. The van der Waals surface area contributed by atoms with E-state index in [4.69, 9.17) is 0 Å². The molecule has 2 nitrogen and oxygen atoms in total. The van der Waals surface area contributed by atoms with Gasteiger partial charge in [0.25, 0.3) is 0 Å². The largest absolute Gasteiger partial charge is 0.301 e. The number of nitrogens with zero attached hydrogens (tertiary/aromatic N) is 2. The summed E-state index contributed by atoms with van der Waals surface area (Å²) in [5.41, 5.74) is 6.56. The van der Waals surface area contributed by atoms with Crippen molar-refractivity contribution in [3.8, 4) is 0 Å². The average molecular weight is 1020 g/mol. The lowest BCUT2D eigenvalue weighted by atomic mass is 9.65. The summed E-state index contributed by atoms with van der Waals surface area (Å²) in [5, 5.41) is 0. The third-order valence-corrected chi connectivity index (χ3v) is 18.6. The van der Waals surface area contributed by atoms with E-state index < -0.39 is 0 Å². The summed E-state index contributed by atoms with van der Waals surface area (Å²) < 4.78 is 0. The Morgan fingerprint density at radius 3 is 0.905 bits per heavy atom. The van der Waals surface area contributed by atoms with Crippen LogP contribution in [0, 0.1) is 85.9 Å². The molecule has 1 aliphatic heterocycles. The monoisotopic (exact) mass is 1020 g/mol. The van der Waals surface area contributed by atoms with E-state index >= 15 is 0 Å². The van der Waals surface area contributed by atoms with Gasteiger partial charge in [0.1, 0.15) is 0 Å². The fraction of sp³-hybridized carbons (Fsp3) is 0.833. The molecule has 9 rings (SSSR count). The lowest BCUT2D eigenvalue weighted by molar-refractivity contribution is 0.116. The van der Waals surface area contributed by atoms with Gasteiger partial charge in [0.05, 0.1) is 0 Å². The second-order valence-electron chi connectivity index (χ2n) is 28.5. The van der Waals surface area contributed by atoms with Crippen molar-refractivity contribution in [2.45, 2.75) is 290 Å². The molecule has 7 fully saturated rings. The van der Waals surface area contributed by atoms with Crippen molar-refractivity contribution in [1.82, 2.24) is 9.80 Å². The molecular weight excluding hydrogens is 893 g/mol. The first kappa shape index (κ1) is 66.6. The molecule has 7 aliphatic rings. The van der Waals surface area contributed by atoms with E-state index in [1.54, 1.807) is 12.8 Å². The molecule has 6 aliphatic carbocycles. The first-order valence-corrected chi connectivity index (χ1v) is 32.8. The maximum absolute atomic E-state index is 2.58. The van der Waals surface area contributed by atoms with E-state index in [0.717, 1.165) is 47.3 Å². The van der Waals surface area contributed by atoms with Crippen molar-refractivity contribution >= 4 is 0 Å². The molecule has 74 heavy (non-hydrogen) atoms. The van der Waals surface area contributed by atoms with Crippen molar-refractivity contribution in [3.63, 3.8) is 0 Å². The molecule has 0 N–H and O–H groups in total. The molecule has 0 bridgehead atoms. The van der Waals surface area contributed by atoms with Crippen LogP contribution in [0.1, 0.15) is 284 Å². The Hall–Kier alpha value is -1.64. The van der Waals surface area contributed by atoms with Gasteiger partial charge in [0.15, 0.2) is 0 Å². The fourth-order valence-corrected chi connectivity index (χ4v) is 14.9. The van der Waals surface area contributed by atoms with Gasteiger partial charge in [-0.2, -0.15) is 0 Å². The number of aryl methyl sites for hydroxylation is 4. The van der Waals surface area contributed by atoms with Crippen molar-refractivity contribution in [3.05, 3.63) is 70.8 Å². The summed E-state index contributed by atoms with van der Waals surface area (Å²) in [4.78, 5) is 5.15. The Kier molecular flexibility index (Phi) is 34.3. The van der Waals surface area contributed by atoms with Crippen LogP contribution in [-0.2, 0) is 0 Å². The normalized spacial score (nSPS) is 28.8. The first-order valence-electron chi connectivity index (χ1n) is 32.8. The van der Waals surface area contributed by atoms with Crippen LogP contribution < -0.4 is 0 Å². The summed E-state index contributed by atoms with van der Waals surface area (Å²) in [6.07, 6.45) is 44.7. The van der Waals surface area contributed by atoms with E-state index in [0.29, 0.717) is 10.8 Å². The van der Waals surface area contributed by atoms with Gasteiger partial charge in [-0.1, -0.05) is 262 Å². The molecule has 0 radical (unpaired) electrons. The highest BCUT2D eigenvalue weighted by Gasteiger charge is 2.33. The maximum Gasteiger partial charge on any atom is 0.0110 e. The van der Waals surface area contributed by atoms with Gasteiger partial charge in [-0.25, -0.2) is 0 Å². The molecule has 2 aromatic carbocycles. The topological polar surface area (TPSA) is 6.48 Å². The average Bonchev–Trinajstić information content (AvgIpc) is 3.34. The zero-order chi connectivity index (χ0) is 54.2. The smallest absolute Gasteiger partial charge is 0.0110 e. The van der Waals surface area contributed by atoms with Gasteiger partial charge in [0.2, 0.25) is 0 Å². The molecule has 2 aromatic rings. The van der Waals surface area contributed by atoms with Gasteiger partial charge in [-0.3, -0.25) is 0 Å². The van der Waals surface area contributed by atoms with Crippen molar-refractivity contribution in [2.24, 2.45) is 58.2 Å². The van der Waals surface area contributed by atoms with Gasteiger partial charge < -0.3 is 9.80 Å². The molecule has 1 heterocycles. The minimum atomic E-state index is 0.613. The summed E-state index contributed by atoms with van der Waals surface area (Å²) in [7, 11) is 0. The van der Waals surface area contributed by atoms with Crippen molar-refractivity contribution < 1.29 is 0 Å². The quantitative estimate of drug-likeness (QED) is 0.260. The molecule has 0 spiro atoms. The minimum Gasteiger partial charge on any atom is -0.301 e. The van der Waals surface area contributed by atoms with E-state index in [1.807, 2.05) is 0 Å². The highest BCUT2D eigenvalue weighted by Crippen LogP contribution is 2.45. The third-order valence-electron chi connectivity index (χ3n) is 18.6. The zero-order valence-electron chi connectivity index (χ0n) is 52.6.